The van der Waals surface area contributed by atoms with Crippen LogP contribution in [0.25, 0.3) is 0 Å². The number of carbonyl (C=O) groups is 2. The van der Waals surface area contributed by atoms with Gasteiger partial charge in [-0.2, -0.15) is 0 Å². The van der Waals surface area contributed by atoms with E-state index in [9.17, 15) is 14.0 Å². The summed E-state index contributed by atoms with van der Waals surface area (Å²) in [5.74, 6) is -1.50. The fourth-order valence-electron chi connectivity index (χ4n) is 1.96. The normalized spacial score (nSPS) is 10.1. The molecule has 0 aliphatic heterocycles. The van der Waals surface area contributed by atoms with E-state index < -0.39 is 24.3 Å². The Balaban J connectivity index is 2.00. The molecule has 2 rings (SSSR count). The van der Waals surface area contributed by atoms with Crippen LogP contribution < -0.4 is 14.8 Å². The number of carbonyl (C=O) groups excluding carboxylic acids is 2. The lowest BCUT2D eigenvalue weighted by molar-refractivity contribution is -0.119. The van der Waals surface area contributed by atoms with Crippen LogP contribution >= 0.6 is 11.6 Å². The molecule has 0 saturated carbocycles. The van der Waals surface area contributed by atoms with Crippen molar-refractivity contribution in [3.05, 3.63) is 52.8 Å². The molecular formula is C17H15ClFNO5. The third-order valence-electron chi connectivity index (χ3n) is 3.17. The zero-order valence-electron chi connectivity index (χ0n) is 13.5. The number of halogens is 2. The van der Waals surface area contributed by atoms with Gasteiger partial charge in [-0.25, -0.2) is 9.18 Å². The number of nitrogens with one attached hydrogen (secondary N) is 1. The van der Waals surface area contributed by atoms with Gasteiger partial charge in [0.2, 0.25) is 0 Å². The van der Waals surface area contributed by atoms with Crippen LogP contribution in [-0.4, -0.2) is 32.7 Å². The number of rotatable bonds is 6. The summed E-state index contributed by atoms with van der Waals surface area (Å²) in [5, 5.41) is 2.68. The van der Waals surface area contributed by atoms with Crippen molar-refractivity contribution < 1.29 is 28.2 Å². The standard InChI is InChI=1S/C17H15ClFNO5/c1-23-11-4-6-15(24-2)14(8-11)20-16(21)9-25-17(22)12-5-3-10(18)7-13(12)19/h3-8H,9H2,1-2H3,(H,20,21). The molecule has 2 aromatic carbocycles. The molecule has 1 amide bonds. The summed E-state index contributed by atoms with van der Waals surface area (Å²) in [5.41, 5.74) is 0.0386. The van der Waals surface area contributed by atoms with E-state index in [0.29, 0.717) is 17.2 Å². The van der Waals surface area contributed by atoms with E-state index in [1.54, 1.807) is 18.2 Å². The van der Waals surface area contributed by atoms with Gasteiger partial charge in [0.1, 0.15) is 17.3 Å². The number of hydrogen-bond acceptors (Lipinski definition) is 5. The highest BCUT2D eigenvalue weighted by molar-refractivity contribution is 6.30. The van der Waals surface area contributed by atoms with Gasteiger partial charge in [-0.3, -0.25) is 4.79 Å². The van der Waals surface area contributed by atoms with Crippen LogP contribution in [0.5, 0.6) is 11.5 Å². The van der Waals surface area contributed by atoms with Crippen molar-refractivity contribution in [2.75, 3.05) is 26.1 Å². The highest BCUT2D eigenvalue weighted by atomic mass is 35.5. The molecule has 0 bridgehead atoms. The van der Waals surface area contributed by atoms with E-state index in [-0.39, 0.29) is 10.6 Å². The van der Waals surface area contributed by atoms with Gasteiger partial charge >= 0.3 is 5.97 Å². The Kier molecular flexibility index (Phi) is 6.19. The molecule has 0 aromatic heterocycles. The van der Waals surface area contributed by atoms with Gasteiger partial charge in [-0.05, 0) is 30.3 Å². The Hall–Kier alpha value is -2.80. The van der Waals surface area contributed by atoms with E-state index in [2.05, 4.69) is 5.32 Å². The largest absolute Gasteiger partial charge is 0.497 e. The highest BCUT2D eigenvalue weighted by Gasteiger charge is 2.16. The van der Waals surface area contributed by atoms with Crippen molar-refractivity contribution in [2.24, 2.45) is 0 Å². The molecule has 0 radical (unpaired) electrons. The molecule has 0 aliphatic carbocycles. The maximum atomic E-state index is 13.6. The van der Waals surface area contributed by atoms with Crippen LogP contribution in [0.1, 0.15) is 10.4 Å². The minimum atomic E-state index is -0.970. The molecule has 0 saturated heterocycles. The maximum absolute atomic E-state index is 13.6. The fourth-order valence-corrected chi connectivity index (χ4v) is 2.12. The minimum Gasteiger partial charge on any atom is -0.497 e. The molecule has 8 heteroatoms. The lowest BCUT2D eigenvalue weighted by Crippen LogP contribution is -2.21. The predicted octanol–water partition coefficient (Wildman–Crippen LogP) is 3.29. The van der Waals surface area contributed by atoms with Gasteiger partial charge in [0, 0.05) is 11.1 Å². The van der Waals surface area contributed by atoms with Gasteiger partial charge < -0.3 is 19.5 Å². The van der Waals surface area contributed by atoms with Crippen molar-refractivity contribution in [2.45, 2.75) is 0 Å². The van der Waals surface area contributed by atoms with E-state index in [0.717, 1.165) is 6.07 Å². The number of methoxy groups -OCH3 is 2. The zero-order valence-corrected chi connectivity index (χ0v) is 14.2. The molecule has 1 N–H and O–H groups in total. The van der Waals surface area contributed by atoms with Crippen LogP contribution in [0.3, 0.4) is 0 Å². The van der Waals surface area contributed by atoms with Gasteiger partial charge in [0.15, 0.2) is 6.61 Å². The van der Waals surface area contributed by atoms with E-state index in [1.165, 1.54) is 26.4 Å². The molecule has 132 valence electrons. The van der Waals surface area contributed by atoms with E-state index in [1.807, 2.05) is 0 Å². The lowest BCUT2D eigenvalue weighted by atomic mass is 10.2. The van der Waals surface area contributed by atoms with Gasteiger partial charge in [0.05, 0.1) is 25.5 Å². The van der Waals surface area contributed by atoms with E-state index >= 15 is 0 Å². The summed E-state index contributed by atoms with van der Waals surface area (Å²) >= 11 is 5.61. The third-order valence-corrected chi connectivity index (χ3v) is 3.40. The van der Waals surface area contributed by atoms with Crippen LogP contribution in [0.15, 0.2) is 36.4 Å². The second kappa shape index (κ2) is 8.34. The van der Waals surface area contributed by atoms with Crippen LogP contribution in [0.2, 0.25) is 5.02 Å². The second-order valence-electron chi connectivity index (χ2n) is 4.81. The summed E-state index contributed by atoms with van der Waals surface area (Å²) in [6.45, 7) is -0.596. The quantitative estimate of drug-likeness (QED) is 0.793. The SMILES string of the molecule is COc1ccc(OC)c(NC(=O)COC(=O)c2ccc(Cl)cc2F)c1. The molecule has 6 nitrogen and oxygen atoms in total. The van der Waals surface area contributed by atoms with Crippen molar-refractivity contribution in [3.8, 4) is 11.5 Å². The first-order chi connectivity index (χ1) is 11.9. The fraction of sp³-hybridized carbons (Fsp3) is 0.176. The summed E-state index contributed by atoms with van der Waals surface area (Å²) in [4.78, 5) is 23.8. The number of benzene rings is 2. The Labute approximate surface area is 148 Å². The molecule has 0 heterocycles. The summed E-state index contributed by atoms with van der Waals surface area (Å²) in [6, 6.07) is 8.35. The number of hydrogen-bond donors (Lipinski definition) is 1. The molecule has 25 heavy (non-hydrogen) atoms. The van der Waals surface area contributed by atoms with Gasteiger partial charge in [-0.1, -0.05) is 11.6 Å². The van der Waals surface area contributed by atoms with Gasteiger partial charge in [0.25, 0.3) is 5.91 Å². The first-order valence-electron chi connectivity index (χ1n) is 7.08. The Morgan fingerprint density at radius 2 is 1.88 bits per heavy atom. The smallest absolute Gasteiger partial charge is 0.341 e. The third kappa shape index (κ3) is 4.84. The first kappa shape index (κ1) is 18.5. The molecule has 0 fully saturated rings. The Morgan fingerprint density at radius 1 is 1.12 bits per heavy atom. The molecule has 0 atom stereocenters. The number of esters is 1. The predicted molar refractivity (Wildman–Crippen MR) is 89.9 cm³/mol. The topological polar surface area (TPSA) is 73.9 Å². The summed E-state index contributed by atoms with van der Waals surface area (Å²) in [7, 11) is 2.93. The molecule has 0 unspecified atom stereocenters. The van der Waals surface area contributed by atoms with Crippen molar-refractivity contribution in [1.29, 1.82) is 0 Å². The number of anilines is 1. The maximum Gasteiger partial charge on any atom is 0.341 e. The number of amides is 1. The minimum absolute atomic E-state index is 0.150. The van der Waals surface area contributed by atoms with Crippen molar-refractivity contribution in [1.82, 2.24) is 0 Å². The summed E-state index contributed by atoms with van der Waals surface area (Å²) in [6.07, 6.45) is 0. The monoisotopic (exact) mass is 367 g/mol. The molecule has 2 aromatic rings. The van der Waals surface area contributed by atoms with Crippen LogP contribution in [0.4, 0.5) is 10.1 Å². The Morgan fingerprint density at radius 3 is 2.52 bits per heavy atom. The average Bonchev–Trinajstić information content (AvgIpc) is 2.59. The molecular weight excluding hydrogens is 353 g/mol. The lowest BCUT2D eigenvalue weighted by Gasteiger charge is -2.12. The van der Waals surface area contributed by atoms with Crippen molar-refractivity contribution >= 4 is 29.2 Å². The number of ether oxygens (including phenoxy) is 3. The van der Waals surface area contributed by atoms with E-state index in [4.69, 9.17) is 25.8 Å². The van der Waals surface area contributed by atoms with Crippen LogP contribution in [-0.2, 0) is 9.53 Å². The average molecular weight is 368 g/mol. The second-order valence-corrected chi connectivity index (χ2v) is 5.25. The van der Waals surface area contributed by atoms with Gasteiger partial charge in [-0.15, -0.1) is 0 Å². The molecule has 0 spiro atoms. The Bertz CT molecular complexity index is 797. The molecule has 0 aliphatic rings. The highest BCUT2D eigenvalue weighted by Crippen LogP contribution is 2.28. The summed E-state index contributed by atoms with van der Waals surface area (Å²) < 4.78 is 28.6. The van der Waals surface area contributed by atoms with Crippen molar-refractivity contribution in [3.63, 3.8) is 0 Å². The zero-order chi connectivity index (χ0) is 18.4. The van der Waals surface area contributed by atoms with Crippen LogP contribution in [0, 0.1) is 5.82 Å². The first-order valence-corrected chi connectivity index (χ1v) is 7.46.